The van der Waals surface area contributed by atoms with E-state index < -0.39 is 0 Å². The molecule has 0 radical (unpaired) electrons. The fourth-order valence-corrected chi connectivity index (χ4v) is 2.40. The molecule has 0 saturated heterocycles. The van der Waals surface area contributed by atoms with Crippen LogP contribution in [0, 0.1) is 0 Å². The highest BCUT2D eigenvalue weighted by molar-refractivity contribution is 7.09. The Morgan fingerprint density at radius 3 is 2.69 bits per heavy atom. The second-order valence-corrected chi connectivity index (χ2v) is 5.22. The molecule has 1 aromatic heterocycles. The molecule has 92 valence electrons. The topological polar surface area (TPSA) is 28.2 Å². The average molecular weight is 241 g/mol. The Hall–Kier alpha value is -0.450. The maximum atomic E-state index is 4.10. The van der Waals surface area contributed by atoms with Crippen LogP contribution < -0.4 is 5.32 Å². The van der Waals surface area contributed by atoms with Crippen molar-refractivity contribution in [1.29, 1.82) is 0 Å². The van der Waals surface area contributed by atoms with Crippen molar-refractivity contribution in [3.63, 3.8) is 0 Å². The van der Waals surface area contributed by atoms with Gasteiger partial charge in [0.2, 0.25) is 0 Å². The Morgan fingerprint density at radius 1 is 1.44 bits per heavy atom. The highest BCUT2D eigenvalue weighted by Gasteiger charge is 2.09. The summed E-state index contributed by atoms with van der Waals surface area (Å²) in [4.78, 5) is 7.88. The second-order valence-electron chi connectivity index (χ2n) is 4.30. The van der Waals surface area contributed by atoms with Crippen molar-refractivity contribution in [2.75, 3.05) is 19.6 Å². The Balaban J connectivity index is 2.25. The molecule has 0 amide bonds. The maximum Gasteiger partial charge on any atom is 0.0794 e. The molecule has 1 unspecified atom stereocenters. The molecule has 0 spiro atoms. The van der Waals surface area contributed by atoms with Gasteiger partial charge in [0.15, 0.2) is 0 Å². The van der Waals surface area contributed by atoms with E-state index in [4.69, 9.17) is 0 Å². The van der Waals surface area contributed by atoms with Gasteiger partial charge in [-0.3, -0.25) is 9.88 Å². The minimum Gasteiger partial charge on any atom is -0.308 e. The maximum absolute atomic E-state index is 4.10. The first-order chi connectivity index (χ1) is 7.65. The molecule has 1 N–H and O–H groups in total. The van der Waals surface area contributed by atoms with E-state index in [0.29, 0.717) is 12.1 Å². The van der Waals surface area contributed by atoms with Gasteiger partial charge in [-0.25, -0.2) is 0 Å². The van der Waals surface area contributed by atoms with E-state index in [1.54, 1.807) is 11.3 Å². The van der Waals surface area contributed by atoms with Gasteiger partial charge in [-0.05, 0) is 27.3 Å². The minimum absolute atomic E-state index is 0.415. The zero-order valence-electron chi connectivity index (χ0n) is 10.7. The number of hydrogen-bond donors (Lipinski definition) is 1. The lowest BCUT2D eigenvalue weighted by Gasteiger charge is -2.25. The van der Waals surface area contributed by atoms with Crippen molar-refractivity contribution in [3.05, 3.63) is 16.6 Å². The van der Waals surface area contributed by atoms with E-state index in [2.05, 4.69) is 42.9 Å². The molecular formula is C12H23N3S. The highest BCUT2D eigenvalue weighted by atomic mass is 32.1. The standard InChI is InChI=1S/C12H23N3S/c1-5-15(10(2)3)7-6-14-11(4)12-8-13-9-16-12/h8-11,14H,5-7H2,1-4H3. The number of rotatable bonds is 7. The molecule has 0 aliphatic heterocycles. The third-order valence-corrected chi connectivity index (χ3v) is 3.82. The Labute approximate surface area is 103 Å². The molecule has 4 heteroatoms. The molecule has 16 heavy (non-hydrogen) atoms. The lowest BCUT2D eigenvalue weighted by molar-refractivity contribution is 0.231. The molecule has 1 rings (SSSR count). The van der Waals surface area contributed by atoms with Crippen LogP contribution in [-0.2, 0) is 0 Å². The number of nitrogens with zero attached hydrogens (tertiary/aromatic N) is 2. The molecular weight excluding hydrogens is 218 g/mol. The predicted octanol–water partition coefficient (Wildman–Crippen LogP) is 2.52. The number of nitrogens with one attached hydrogen (secondary N) is 1. The molecule has 1 heterocycles. The van der Waals surface area contributed by atoms with Crippen molar-refractivity contribution >= 4 is 11.3 Å². The quantitative estimate of drug-likeness (QED) is 0.795. The molecule has 3 nitrogen and oxygen atoms in total. The Kier molecular flexibility index (Phi) is 5.95. The number of thiazole rings is 1. The fraction of sp³-hybridized carbons (Fsp3) is 0.750. The SMILES string of the molecule is CCN(CCNC(C)c1cncs1)C(C)C. The van der Waals surface area contributed by atoms with Crippen LogP contribution >= 0.6 is 11.3 Å². The summed E-state index contributed by atoms with van der Waals surface area (Å²) in [6, 6.07) is 1.05. The third-order valence-electron chi connectivity index (χ3n) is 2.86. The van der Waals surface area contributed by atoms with E-state index in [1.165, 1.54) is 4.88 Å². The molecule has 0 bridgehead atoms. The van der Waals surface area contributed by atoms with Crippen LogP contribution in [-0.4, -0.2) is 35.6 Å². The van der Waals surface area contributed by atoms with Crippen molar-refractivity contribution < 1.29 is 0 Å². The van der Waals surface area contributed by atoms with Crippen molar-refractivity contribution in [1.82, 2.24) is 15.2 Å². The third kappa shape index (κ3) is 4.20. The van der Waals surface area contributed by atoms with Crippen LogP contribution in [0.25, 0.3) is 0 Å². The van der Waals surface area contributed by atoms with Gasteiger partial charge in [-0.1, -0.05) is 6.92 Å². The molecule has 0 fully saturated rings. The van der Waals surface area contributed by atoms with Gasteiger partial charge in [-0.15, -0.1) is 11.3 Å². The summed E-state index contributed by atoms with van der Waals surface area (Å²) >= 11 is 1.71. The average Bonchev–Trinajstić information content (AvgIpc) is 2.76. The Morgan fingerprint density at radius 2 is 2.19 bits per heavy atom. The van der Waals surface area contributed by atoms with E-state index in [9.17, 15) is 0 Å². The predicted molar refractivity (Wildman–Crippen MR) is 70.9 cm³/mol. The summed E-state index contributed by atoms with van der Waals surface area (Å²) in [7, 11) is 0. The minimum atomic E-state index is 0.415. The van der Waals surface area contributed by atoms with Crippen molar-refractivity contribution in [3.8, 4) is 0 Å². The number of likely N-dealkylation sites (N-methyl/N-ethyl adjacent to an activating group) is 1. The smallest absolute Gasteiger partial charge is 0.0794 e. The van der Waals surface area contributed by atoms with Crippen LogP contribution in [0.3, 0.4) is 0 Å². The van der Waals surface area contributed by atoms with E-state index >= 15 is 0 Å². The first kappa shape index (κ1) is 13.6. The van der Waals surface area contributed by atoms with Crippen LogP contribution in [0.1, 0.15) is 38.6 Å². The molecule has 0 aromatic carbocycles. The van der Waals surface area contributed by atoms with Crippen LogP contribution in [0.2, 0.25) is 0 Å². The fourth-order valence-electron chi connectivity index (χ4n) is 1.75. The summed E-state index contributed by atoms with van der Waals surface area (Å²) in [5.41, 5.74) is 1.89. The van der Waals surface area contributed by atoms with Crippen molar-refractivity contribution in [2.24, 2.45) is 0 Å². The van der Waals surface area contributed by atoms with E-state index in [1.807, 2.05) is 11.7 Å². The Bertz CT molecular complexity index is 272. The lowest BCUT2D eigenvalue weighted by atomic mass is 10.3. The van der Waals surface area contributed by atoms with Crippen LogP contribution in [0.15, 0.2) is 11.7 Å². The van der Waals surface area contributed by atoms with Gasteiger partial charge >= 0.3 is 0 Å². The molecule has 1 atom stereocenters. The lowest BCUT2D eigenvalue weighted by Crippen LogP contribution is -2.37. The summed E-state index contributed by atoms with van der Waals surface area (Å²) in [6.07, 6.45) is 1.95. The zero-order chi connectivity index (χ0) is 12.0. The van der Waals surface area contributed by atoms with Gasteiger partial charge in [0, 0.05) is 36.2 Å². The molecule has 0 saturated carbocycles. The van der Waals surface area contributed by atoms with Crippen LogP contribution in [0.4, 0.5) is 0 Å². The van der Waals surface area contributed by atoms with Gasteiger partial charge < -0.3 is 5.32 Å². The molecule has 1 aromatic rings. The van der Waals surface area contributed by atoms with Gasteiger partial charge in [0.1, 0.15) is 0 Å². The van der Waals surface area contributed by atoms with E-state index in [0.717, 1.165) is 19.6 Å². The van der Waals surface area contributed by atoms with Crippen molar-refractivity contribution in [2.45, 2.75) is 39.8 Å². The van der Waals surface area contributed by atoms with Crippen LogP contribution in [0.5, 0.6) is 0 Å². The number of hydrogen-bond acceptors (Lipinski definition) is 4. The van der Waals surface area contributed by atoms with Gasteiger partial charge in [0.05, 0.1) is 5.51 Å². The van der Waals surface area contributed by atoms with Gasteiger partial charge in [0.25, 0.3) is 0 Å². The largest absolute Gasteiger partial charge is 0.308 e. The van der Waals surface area contributed by atoms with Gasteiger partial charge in [-0.2, -0.15) is 0 Å². The summed E-state index contributed by atoms with van der Waals surface area (Å²) < 4.78 is 0. The second kappa shape index (κ2) is 6.99. The molecule has 0 aliphatic carbocycles. The first-order valence-electron chi connectivity index (χ1n) is 6.01. The summed E-state index contributed by atoms with van der Waals surface area (Å²) in [5.74, 6) is 0. The molecule has 0 aliphatic rings. The van der Waals surface area contributed by atoms with E-state index in [-0.39, 0.29) is 0 Å². The zero-order valence-corrected chi connectivity index (χ0v) is 11.5. The number of aromatic nitrogens is 1. The monoisotopic (exact) mass is 241 g/mol. The normalized spacial score (nSPS) is 13.6. The summed E-state index contributed by atoms with van der Waals surface area (Å²) in [5, 5.41) is 3.53. The first-order valence-corrected chi connectivity index (χ1v) is 6.89. The summed E-state index contributed by atoms with van der Waals surface area (Å²) in [6.45, 7) is 12.2. The highest BCUT2D eigenvalue weighted by Crippen LogP contribution is 2.15.